The topological polar surface area (TPSA) is 55.5 Å². The quantitative estimate of drug-likeness (QED) is 0.693. The van der Waals surface area contributed by atoms with E-state index in [4.69, 9.17) is 10.5 Å². The molecule has 0 saturated carbocycles. The summed E-state index contributed by atoms with van der Waals surface area (Å²) in [7, 11) is 1.57. The molecule has 0 saturated heterocycles. The maximum Gasteiger partial charge on any atom is 0.120 e. The third-order valence-corrected chi connectivity index (χ3v) is 1.85. The van der Waals surface area contributed by atoms with Gasteiger partial charge in [0, 0.05) is 5.56 Å². The maximum absolute atomic E-state index is 9.45. The number of aromatic hydroxyl groups is 1. The first-order valence-corrected chi connectivity index (χ1v) is 3.94. The van der Waals surface area contributed by atoms with Gasteiger partial charge < -0.3 is 15.6 Å². The average molecular weight is 179 g/mol. The molecule has 3 heteroatoms. The van der Waals surface area contributed by atoms with Crippen LogP contribution in [0.5, 0.6) is 11.5 Å². The Morgan fingerprint density at radius 3 is 2.85 bits per heavy atom. The number of nitrogens with two attached hydrogens (primary N) is 1. The lowest BCUT2D eigenvalue weighted by atomic mass is 10.1. The Labute approximate surface area is 77.4 Å². The van der Waals surface area contributed by atoms with Gasteiger partial charge in [-0.3, -0.25) is 0 Å². The molecule has 0 unspecified atom stereocenters. The Kier molecular flexibility index (Phi) is 2.93. The van der Waals surface area contributed by atoms with E-state index in [-0.39, 0.29) is 11.8 Å². The third kappa shape index (κ3) is 2.00. The summed E-state index contributed by atoms with van der Waals surface area (Å²) in [4.78, 5) is 0. The summed E-state index contributed by atoms with van der Waals surface area (Å²) in [6.07, 6.45) is 1.56. The highest BCUT2D eigenvalue weighted by Gasteiger charge is 2.08. The van der Waals surface area contributed by atoms with Crippen LogP contribution in [-0.4, -0.2) is 12.2 Å². The zero-order valence-electron chi connectivity index (χ0n) is 7.53. The fraction of sp³-hybridized carbons (Fsp3) is 0.200. The molecule has 1 aromatic rings. The Morgan fingerprint density at radius 1 is 1.62 bits per heavy atom. The monoisotopic (exact) mass is 179 g/mol. The minimum atomic E-state index is -0.366. The number of ether oxygens (including phenoxy) is 1. The molecule has 1 atom stereocenters. The van der Waals surface area contributed by atoms with Gasteiger partial charge in [0.05, 0.1) is 13.2 Å². The standard InChI is InChI=1S/C10H13NO2/c1-3-9(11)8-6-7(13-2)4-5-10(8)12/h3-6,9,12H,1,11H2,2H3/t9-/m1/s1. The molecule has 0 bridgehead atoms. The summed E-state index contributed by atoms with van der Waals surface area (Å²) in [6, 6.07) is 4.56. The Bertz CT molecular complexity index is 310. The lowest BCUT2D eigenvalue weighted by Crippen LogP contribution is -2.06. The fourth-order valence-corrected chi connectivity index (χ4v) is 1.05. The highest BCUT2D eigenvalue weighted by atomic mass is 16.5. The van der Waals surface area contributed by atoms with Gasteiger partial charge in [-0.2, -0.15) is 0 Å². The normalized spacial score (nSPS) is 12.2. The van der Waals surface area contributed by atoms with E-state index in [1.807, 2.05) is 0 Å². The van der Waals surface area contributed by atoms with Crippen LogP contribution in [0, 0.1) is 0 Å². The fourth-order valence-electron chi connectivity index (χ4n) is 1.05. The van der Waals surface area contributed by atoms with Gasteiger partial charge in [0.15, 0.2) is 0 Å². The first-order chi connectivity index (χ1) is 6.19. The second kappa shape index (κ2) is 3.96. The molecule has 0 amide bonds. The smallest absolute Gasteiger partial charge is 0.120 e. The van der Waals surface area contributed by atoms with Gasteiger partial charge in [-0.15, -0.1) is 6.58 Å². The molecule has 13 heavy (non-hydrogen) atoms. The number of phenols is 1. The van der Waals surface area contributed by atoms with Gasteiger partial charge >= 0.3 is 0 Å². The second-order valence-corrected chi connectivity index (χ2v) is 2.69. The van der Waals surface area contributed by atoms with Crippen molar-refractivity contribution in [2.45, 2.75) is 6.04 Å². The minimum absolute atomic E-state index is 0.160. The molecule has 0 heterocycles. The van der Waals surface area contributed by atoms with Crippen molar-refractivity contribution < 1.29 is 9.84 Å². The zero-order valence-corrected chi connectivity index (χ0v) is 7.53. The van der Waals surface area contributed by atoms with Crippen LogP contribution in [-0.2, 0) is 0 Å². The van der Waals surface area contributed by atoms with Crippen molar-refractivity contribution in [3.8, 4) is 11.5 Å². The molecule has 0 aliphatic carbocycles. The van der Waals surface area contributed by atoms with Gasteiger partial charge in [0.25, 0.3) is 0 Å². The molecule has 0 aliphatic rings. The SMILES string of the molecule is C=C[C@@H](N)c1cc(OC)ccc1O. The van der Waals surface area contributed by atoms with Crippen molar-refractivity contribution in [2.75, 3.05) is 7.11 Å². The molecule has 0 aliphatic heterocycles. The number of benzene rings is 1. The molecule has 70 valence electrons. The molecule has 0 radical (unpaired) electrons. The van der Waals surface area contributed by atoms with Gasteiger partial charge in [0.1, 0.15) is 11.5 Å². The first-order valence-electron chi connectivity index (χ1n) is 3.94. The number of hydrogen-bond donors (Lipinski definition) is 2. The molecular formula is C10H13NO2. The van der Waals surface area contributed by atoms with Crippen molar-refractivity contribution in [1.82, 2.24) is 0 Å². The predicted molar refractivity (Wildman–Crippen MR) is 51.8 cm³/mol. The van der Waals surface area contributed by atoms with Gasteiger partial charge in [-0.25, -0.2) is 0 Å². The Hall–Kier alpha value is -1.48. The van der Waals surface area contributed by atoms with E-state index in [9.17, 15) is 5.11 Å². The van der Waals surface area contributed by atoms with Crippen LogP contribution in [0.4, 0.5) is 0 Å². The predicted octanol–water partition coefficient (Wildman–Crippen LogP) is 1.59. The lowest BCUT2D eigenvalue weighted by molar-refractivity contribution is 0.410. The summed E-state index contributed by atoms with van der Waals surface area (Å²) in [6.45, 7) is 3.56. The van der Waals surface area contributed by atoms with Crippen LogP contribution in [0.25, 0.3) is 0 Å². The summed E-state index contributed by atoms with van der Waals surface area (Å²) in [5.41, 5.74) is 6.30. The molecule has 3 nitrogen and oxygen atoms in total. The lowest BCUT2D eigenvalue weighted by Gasteiger charge is -2.10. The van der Waals surface area contributed by atoms with E-state index < -0.39 is 0 Å². The van der Waals surface area contributed by atoms with Crippen LogP contribution < -0.4 is 10.5 Å². The average Bonchev–Trinajstić information content (AvgIpc) is 2.17. The van der Waals surface area contributed by atoms with Crippen LogP contribution in [0.2, 0.25) is 0 Å². The summed E-state index contributed by atoms with van der Waals surface area (Å²) < 4.78 is 5.00. The summed E-state index contributed by atoms with van der Waals surface area (Å²) in [5.74, 6) is 0.832. The van der Waals surface area contributed by atoms with Gasteiger partial charge in [-0.1, -0.05) is 6.08 Å². The summed E-state index contributed by atoms with van der Waals surface area (Å²) in [5, 5.41) is 9.45. The summed E-state index contributed by atoms with van der Waals surface area (Å²) >= 11 is 0. The van der Waals surface area contributed by atoms with E-state index in [0.29, 0.717) is 11.3 Å². The Balaban J connectivity index is 3.10. The highest BCUT2D eigenvalue weighted by molar-refractivity contribution is 5.42. The van der Waals surface area contributed by atoms with Crippen LogP contribution in [0.15, 0.2) is 30.9 Å². The molecule has 0 fully saturated rings. The molecule has 0 spiro atoms. The molecule has 0 aromatic heterocycles. The third-order valence-electron chi connectivity index (χ3n) is 1.85. The van der Waals surface area contributed by atoms with Gasteiger partial charge in [-0.05, 0) is 18.2 Å². The highest BCUT2D eigenvalue weighted by Crippen LogP contribution is 2.27. The molecule has 1 aromatic carbocycles. The molecular weight excluding hydrogens is 166 g/mol. The first kappa shape index (κ1) is 9.61. The Morgan fingerprint density at radius 2 is 2.31 bits per heavy atom. The van der Waals surface area contributed by atoms with Crippen LogP contribution in [0.3, 0.4) is 0 Å². The number of methoxy groups -OCH3 is 1. The van der Waals surface area contributed by atoms with Crippen molar-refractivity contribution >= 4 is 0 Å². The zero-order chi connectivity index (χ0) is 9.84. The number of hydrogen-bond acceptors (Lipinski definition) is 3. The van der Waals surface area contributed by atoms with E-state index in [1.165, 1.54) is 0 Å². The van der Waals surface area contributed by atoms with Gasteiger partial charge in [0.2, 0.25) is 0 Å². The second-order valence-electron chi connectivity index (χ2n) is 2.69. The number of rotatable bonds is 3. The largest absolute Gasteiger partial charge is 0.508 e. The minimum Gasteiger partial charge on any atom is -0.508 e. The van der Waals surface area contributed by atoms with Crippen molar-refractivity contribution in [3.05, 3.63) is 36.4 Å². The van der Waals surface area contributed by atoms with E-state index in [1.54, 1.807) is 31.4 Å². The maximum atomic E-state index is 9.45. The molecule has 1 rings (SSSR count). The van der Waals surface area contributed by atoms with E-state index >= 15 is 0 Å². The van der Waals surface area contributed by atoms with E-state index in [0.717, 1.165) is 0 Å². The van der Waals surface area contributed by atoms with Crippen LogP contribution in [0.1, 0.15) is 11.6 Å². The molecule has 3 N–H and O–H groups in total. The van der Waals surface area contributed by atoms with Crippen molar-refractivity contribution in [3.63, 3.8) is 0 Å². The number of phenolic OH excluding ortho intramolecular Hbond substituents is 1. The van der Waals surface area contributed by atoms with Crippen molar-refractivity contribution in [1.29, 1.82) is 0 Å². The van der Waals surface area contributed by atoms with E-state index in [2.05, 4.69) is 6.58 Å². The van der Waals surface area contributed by atoms with Crippen LogP contribution >= 0.6 is 0 Å². The van der Waals surface area contributed by atoms with Crippen molar-refractivity contribution in [2.24, 2.45) is 5.73 Å².